The maximum absolute atomic E-state index is 13.3. The predicted molar refractivity (Wildman–Crippen MR) is 60.2 cm³/mol. The lowest BCUT2D eigenvalue weighted by Crippen LogP contribution is -2.34. The maximum atomic E-state index is 13.3. The third-order valence-electron chi connectivity index (χ3n) is 2.36. The quantitative estimate of drug-likeness (QED) is 0.847. The van der Waals surface area contributed by atoms with Gasteiger partial charge >= 0.3 is 5.97 Å². The summed E-state index contributed by atoms with van der Waals surface area (Å²) < 4.78 is 26.5. The van der Waals surface area contributed by atoms with E-state index >= 15 is 0 Å². The van der Waals surface area contributed by atoms with E-state index in [-0.39, 0.29) is 12.8 Å². The molecule has 0 spiro atoms. The summed E-state index contributed by atoms with van der Waals surface area (Å²) in [4.78, 5) is 21.9. The molecule has 0 saturated heterocycles. The molecule has 18 heavy (non-hydrogen) atoms. The number of carbonyl (C=O) groups is 2. The number of rotatable bonds is 5. The summed E-state index contributed by atoms with van der Waals surface area (Å²) in [6.07, 6.45) is 0.0678. The Kier molecular flexibility index (Phi) is 4.76. The molecule has 0 fully saturated rings. The van der Waals surface area contributed by atoms with E-state index in [2.05, 4.69) is 5.32 Å². The Bertz CT molecular complexity index is 442. The Balaban J connectivity index is 2.68. The van der Waals surface area contributed by atoms with Crippen molar-refractivity contribution >= 4 is 11.9 Å². The first-order valence-corrected chi connectivity index (χ1v) is 5.38. The van der Waals surface area contributed by atoms with Crippen LogP contribution in [0.1, 0.15) is 30.1 Å². The second-order valence-electron chi connectivity index (χ2n) is 3.90. The smallest absolute Gasteiger partial charge is 0.303 e. The Morgan fingerprint density at radius 2 is 1.89 bits per heavy atom. The standard InChI is InChI=1S/C12H13F2NO3/c1-7(5-6-10(16)17)15-12(18)11-8(13)3-2-4-9(11)14/h2-4,7H,5-6H2,1H3,(H,15,18)(H,16,17). The van der Waals surface area contributed by atoms with Crippen molar-refractivity contribution in [3.8, 4) is 0 Å². The zero-order valence-electron chi connectivity index (χ0n) is 9.74. The highest BCUT2D eigenvalue weighted by atomic mass is 19.1. The number of hydrogen-bond donors (Lipinski definition) is 2. The molecule has 0 radical (unpaired) electrons. The number of benzene rings is 1. The molecule has 4 nitrogen and oxygen atoms in total. The van der Waals surface area contributed by atoms with Gasteiger partial charge in [-0.05, 0) is 25.5 Å². The van der Waals surface area contributed by atoms with E-state index in [4.69, 9.17) is 5.11 Å². The van der Waals surface area contributed by atoms with E-state index in [1.165, 1.54) is 0 Å². The minimum absolute atomic E-state index is 0.124. The first-order valence-electron chi connectivity index (χ1n) is 5.38. The van der Waals surface area contributed by atoms with Crippen molar-refractivity contribution in [3.63, 3.8) is 0 Å². The van der Waals surface area contributed by atoms with Crippen LogP contribution in [0.25, 0.3) is 0 Å². The first kappa shape index (κ1) is 14.1. The van der Waals surface area contributed by atoms with Crippen molar-refractivity contribution in [1.29, 1.82) is 0 Å². The van der Waals surface area contributed by atoms with E-state index < -0.39 is 35.1 Å². The molecular weight excluding hydrogens is 244 g/mol. The zero-order chi connectivity index (χ0) is 13.7. The van der Waals surface area contributed by atoms with Gasteiger partial charge in [0.25, 0.3) is 5.91 Å². The van der Waals surface area contributed by atoms with Crippen LogP contribution in [-0.2, 0) is 4.79 Å². The number of aliphatic carboxylic acids is 1. The van der Waals surface area contributed by atoms with Crippen LogP contribution in [0.5, 0.6) is 0 Å². The highest BCUT2D eigenvalue weighted by Crippen LogP contribution is 2.12. The third-order valence-corrected chi connectivity index (χ3v) is 2.36. The van der Waals surface area contributed by atoms with Crippen LogP contribution in [-0.4, -0.2) is 23.0 Å². The number of hydrogen-bond acceptors (Lipinski definition) is 2. The molecule has 1 aromatic rings. The van der Waals surface area contributed by atoms with Crippen molar-refractivity contribution in [2.45, 2.75) is 25.8 Å². The number of halogens is 2. The fraction of sp³-hybridized carbons (Fsp3) is 0.333. The average Bonchev–Trinajstić information content (AvgIpc) is 2.26. The number of carbonyl (C=O) groups excluding carboxylic acids is 1. The van der Waals surface area contributed by atoms with Gasteiger partial charge < -0.3 is 10.4 Å². The fourth-order valence-corrected chi connectivity index (χ4v) is 1.42. The van der Waals surface area contributed by atoms with Gasteiger partial charge in [-0.25, -0.2) is 8.78 Å². The van der Waals surface area contributed by atoms with Gasteiger partial charge in [-0.2, -0.15) is 0 Å². The largest absolute Gasteiger partial charge is 0.481 e. The zero-order valence-corrected chi connectivity index (χ0v) is 9.74. The summed E-state index contributed by atoms with van der Waals surface area (Å²) in [7, 11) is 0. The van der Waals surface area contributed by atoms with Crippen LogP contribution in [0.15, 0.2) is 18.2 Å². The van der Waals surface area contributed by atoms with Gasteiger partial charge in [0.1, 0.15) is 17.2 Å². The van der Waals surface area contributed by atoms with Crippen molar-refractivity contribution in [1.82, 2.24) is 5.32 Å². The summed E-state index contributed by atoms with van der Waals surface area (Å²) >= 11 is 0. The third kappa shape index (κ3) is 3.80. The summed E-state index contributed by atoms with van der Waals surface area (Å²) in [5.41, 5.74) is -0.653. The molecule has 1 rings (SSSR count). The van der Waals surface area contributed by atoms with Crippen LogP contribution in [0.3, 0.4) is 0 Å². The molecule has 0 saturated carbocycles. The van der Waals surface area contributed by atoms with Gasteiger partial charge in [0, 0.05) is 12.5 Å². The van der Waals surface area contributed by atoms with Crippen molar-refractivity contribution in [3.05, 3.63) is 35.4 Å². The van der Waals surface area contributed by atoms with E-state index in [0.717, 1.165) is 18.2 Å². The molecule has 6 heteroatoms. The molecule has 0 heterocycles. The van der Waals surface area contributed by atoms with Crippen LogP contribution >= 0.6 is 0 Å². The molecule has 98 valence electrons. The summed E-state index contributed by atoms with van der Waals surface area (Å²) in [5.74, 6) is -3.77. The molecule has 0 aromatic heterocycles. The number of amides is 1. The van der Waals surface area contributed by atoms with E-state index in [9.17, 15) is 18.4 Å². The fourth-order valence-electron chi connectivity index (χ4n) is 1.42. The van der Waals surface area contributed by atoms with Crippen molar-refractivity contribution in [2.24, 2.45) is 0 Å². The first-order chi connectivity index (χ1) is 8.41. The van der Waals surface area contributed by atoms with Crippen molar-refractivity contribution in [2.75, 3.05) is 0 Å². The summed E-state index contributed by atoms with van der Waals surface area (Å²) in [6, 6.07) is 2.65. The van der Waals surface area contributed by atoms with Gasteiger partial charge in [0.2, 0.25) is 0 Å². The molecule has 2 N–H and O–H groups in total. The topological polar surface area (TPSA) is 66.4 Å². The predicted octanol–water partition coefficient (Wildman–Crippen LogP) is 1.95. The molecule has 1 unspecified atom stereocenters. The highest BCUT2D eigenvalue weighted by molar-refractivity contribution is 5.94. The van der Waals surface area contributed by atoms with Gasteiger partial charge in [-0.15, -0.1) is 0 Å². The van der Waals surface area contributed by atoms with Crippen LogP contribution in [0, 0.1) is 11.6 Å². The molecule has 0 bridgehead atoms. The van der Waals surface area contributed by atoms with Gasteiger partial charge in [0.15, 0.2) is 0 Å². The molecule has 0 aliphatic carbocycles. The van der Waals surface area contributed by atoms with Gasteiger partial charge in [0.05, 0.1) is 0 Å². The van der Waals surface area contributed by atoms with Crippen molar-refractivity contribution < 1.29 is 23.5 Å². The van der Waals surface area contributed by atoms with Crippen LogP contribution in [0.2, 0.25) is 0 Å². The lowest BCUT2D eigenvalue weighted by Gasteiger charge is -2.13. The second-order valence-corrected chi connectivity index (χ2v) is 3.90. The normalized spacial score (nSPS) is 11.9. The average molecular weight is 257 g/mol. The monoisotopic (exact) mass is 257 g/mol. The molecular formula is C12H13F2NO3. The van der Waals surface area contributed by atoms with E-state index in [1.807, 2.05) is 0 Å². The number of nitrogens with one attached hydrogen (secondary N) is 1. The second kappa shape index (κ2) is 6.09. The minimum Gasteiger partial charge on any atom is -0.481 e. The Hall–Kier alpha value is -1.98. The molecule has 1 aromatic carbocycles. The molecule has 1 atom stereocenters. The number of carboxylic acid groups (broad SMARTS) is 1. The lowest BCUT2D eigenvalue weighted by molar-refractivity contribution is -0.137. The lowest BCUT2D eigenvalue weighted by atomic mass is 10.1. The van der Waals surface area contributed by atoms with Gasteiger partial charge in [-0.1, -0.05) is 6.07 Å². The Morgan fingerprint density at radius 1 is 1.33 bits per heavy atom. The van der Waals surface area contributed by atoms with E-state index in [0.29, 0.717) is 0 Å². The maximum Gasteiger partial charge on any atom is 0.303 e. The van der Waals surface area contributed by atoms with E-state index in [1.54, 1.807) is 6.92 Å². The molecule has 0 aliphatic rings. The van der Waals surface area contributed by atoms with Crippen LogP contribution < -0.4 is 5.32 Å². The minimum atomic E-state index is -0.992. The summed E-state index contributed by atoms with van der Waals surface area (Å²) in [5, 5.41) is 10.8. The summed E-state index contributed by atoms with van der Waals surface area (Å²) in [6.45, 7) is 1.57. The molecule has 1 amide bonds. The number of carboxylic acids is 1. The van der Waals surface area contributed by atoms with Gasteiger partial charge in [-0.3, -0.25) is 9.59 Å². The highest BCUT2D eigenvalue weighted by Gasteiger charge is 2.18. The molecule has 0 aliphatic heterocycles. The SMILES string of the molecule is CC(CCC(=O)O)NC(=O)c1c(F)cccc1F. The Morgan fingerprint density at radius 3 is 2.39 bits per heavy atom. The van der Waals surface area contributed by atoms with Crippen LogP contribution in [0.4, 0.5) is 8.78 Å². The Labute approximate surface area is 103 Å².